The molecular formula is C8H8INO. The Morgan fingerprint density at radius 3 is 2.82 bits per heavy atom. The summed E-state index contributed by atoms with van der Waals surface area (Å²) in [6.45, 7) is 1.56. The van der Waals surface area contributed by atoms with Crippen LogP contribution in [-0.2, 0) is 0 Å². The molecule has 58 valence electrons. The quantitative estimate of drug-likeness (QED) is 0.503. The van der Waals surface area contributed by atoms with Crippen molar-refractivity contribution in [3.8, 4) is 0 Å². The average molecular weight is 261 g/mol. The van der Waals surface area contributed by atoms with Crippen LogP contribution in [0.1, 0.15) is 17.3 Å². The molecule has 0 bridgehead atoms. The summed E-state index contributed by atoms with van der Waals surface area (Å²) in [5.74, 6) is 0.0958. The van der Waals surface area contributed by atoms with E-state index in [0.29, 0.717) is 0 Å². The van der Waals surface area contributed by atoms with Crippen LogP contribution in [0.4, 0.5) is 5.69 Å². The minimum absolute atomic E-state index is 0.0958. The fourth-order valence-electron chi connectivity index (χ4n) is 0.797. The van der Waals surface area contributed by atoms with E-state index in [9.17, 15) is 4.79 Å². The first-order valence-electron chi connectivity index (χ1n) is 3.21. The number of carbonyl (C=O) groups excluding carboxylic acids is 1. The van der Waals surface area contributed by atoms with E-state index in [0.717, 1.165) is 11.3 Å². The summed E-state index contributed by atoms with van der Waals surface area (Å²) in [7, 11) is 0. The van der Waals surface area contributed by atoms with Gasteiger partial charge in [0.1, 0.15) is 0 Å². The highest BCUT2D eigenvalue weighted by Gasteiger charge is 1.97. The molecule has 0 spiro atoms. The molecule has 0 aliphatic carbocycles. The summed E-state index contributed by atoms with van der Waals surface area (Å²) in [4.78, 5) is 10.9. The maximum atomic E-state index is 10.9. The number of ketones is 1. The molecule has 0 aromatic heterocycles. The van der Waals surface area contributed by atoms with E-state index in [-0.39, 0.29) is 5.78 Å². The number of nitrogens with one attached hydrogen (secondary N) is 1. The number of anilines is 1. The van der Waals surface area contributed by atoms with Gasteiger partial charge < -0.3 is 3.53 Å². The van der Waals surface area contributed by atoms with E-state index in [1.807, 2.05) is 41.1 Å². The lowest BCUT2D eigenvalue weighted by atomic mass is 10.1. The van der Waals surface area contributed by atoms with Crippen molar-refractivity contribution in [1.29, 1.82) is 0 Å². The standard InChI is InChI=1S/C8H8INO/c1-6(11)7-3-2-4-8(5-7)10-9/h2-5,10H,1H3. The summed E-state index contributed by atoms with van der Waals surface area (Å²) in [6, 6.07) is 7.41. The number of rotatable bonds is 2. The fraction of sp³-hybridized carbons (Fsp3) is 0.125. The Morgan fingerprint density at radius 1 is 1.55 bits per heavy atom. The van der Waals surface area contributed by atoms with Gasteiger partial charge in [0.25, 0.3) is 0 Å². The maximum absolute atomic E-state index is 10.9. The van der Waals surface area contributed by atoms with Crippen LogP contribution in [0.15, 0.2) is 24.3 Å². The van der Waals surface area contributed by atoms with Crippen molar-refractivity contribution in [2.24, 2.45) is 0 Å². The van der Waals surface area contributed by atoms with Crippen molar-refractivity contribution < 1.29 is 4.79 Å². The van der Waals surface area contributed by atoms with Crippen molar-refractivity contribution in [2.75, 3.05) is 3.53 Å². The Balaban J connectivity index is 3.01. The van der Waals surface area contributed by atoms with Gasteiger partial charge in [0.15, 0.2) is 5.78 Å². The van der Waals surface area contributed by atoms with E-state index >= 15 is 0 Å². The predicted octanol–water partition coefficient (Wildman–Crippen LogP) is 2.65. The number of hydrogen-bond donors (Lipinski definition) is 1. The van der Waals surface area contributed by atoms with Gasteiger partial charge in [-0.25, -0.2) is 0 Å². The molecule has 0 unspecified atom stereocenters. The summed E-state index contributed by atoms with van der Waals surface area (Å²) in [5, 5.41) is 0. The Morgan fingerprint density at radius 2 is 2.27 bits per heavy atom. The van der Waals surface area contributed by atoms with Crippen molar-refractivity contribution in [3.63, 3.8) is 0 Å². The van der Waals surface area contributed by atoms with Gasteiger partial charge in [-0.3, -0.25) is 4.79 Å². The highest BCUT2D eigenvalue weighted by Crippen LogP contribution is 2.12. The second-order valence-electron chi connectivity index (χ2n) is 2.23. The molecule has 1 rings (SSSR count). The van der Waals surface area contributed by atoms with Gasteiger partial charge in [0, 0.05) is 11.3 Å². The number of benzene rings is 1. The number of carbonyl (C=O) groups is 1. The SMILES string of the molecule is CC(=O)c1cccc(NI)c1. The van der Waals surface area contributed by atoms with E-state index in [1.165, 1.54) is 0 Å². The molecule has 0 heterocycles. The van der Waals surface area contributed by atoms with Crippen LogP contribution in [0.5, 0.6) is 0 Å². The number of halogens is 1. The number of Topliss-reactive ketones (excluding diaryl/α,β-unsaturated/α-hetero) is 1. The van der Waals surface area contributed by atoms with Crippen LogP contribution in [0, 0.1) is 0 Å². The van der Waals surface area contributed by atoms with E-state index < -0.39 is 0 Å². The summed E-state index contributed by atoms with van der Waals surface area (Å²) in [6.07, 6.45) is 0. The molecule has 0 amide bonds. The average Bonchev–Trinajstić information content (AvgIpc) is 2.05. The fourth-order valence-corrected chi connectivity index (χ4v) is 1.13. The molecule has 3 heteroatoms. The summed E-state index contributed by atoms with van der Waals surface area (Å²) >= 11 is 2.03. The molecule has 1 aromatic rings. The Bertz CT molecular complexity index is 273. The molecule has 0 radical (unpaired) electrons. The highest BCUT2D eigenvalue weighted by atomic mass is 127. The molecule has 0 aliphatic rings. The third kappa shape index (κ3) is 2.18. The van der Waals surface area contributed by atoms with Gasteiger partial charge in [0.2, 0.25) is 0 Å². The zero-order chi connectivity index (χ0) is 8.27. The second kappa shape index (κ2) is 3.71. The van der Waals surface area contributed by atoms with E-state index in [1.54, 1.807) is 13.0 Å². The molecule has 0 saturated heterocycles. The molecule has 1 N–H and O–H groups in total. The largest absolute Gasteiger partial charge is 0.328 e. The van der Waals surface area contributed by atoms with Crippen LogP contribution >= 0.6 is 22.9 Å². The Kier molecular flexibility index (Phi) is 2.87. The molecular weight excluding hydrogens is 253 g/mol. The minimum Gasteiger partial charge on any atom is -0.328 e. The zero-order valence-corrected chi connectivity index (χ0v) is 8.25. The Labute approximate surface area is 79.5 Å². The van der Waals surface area contributed by atoms with Crippen molar-refractivity contribution in [3.05, 3.63) is 29.8 Å². The van der Waals surface area contributed by atoms with Crippen LogP contribution in [-0.4, -0.2) is 5.78 Å². The lowest BCUT2D eigenvalue weighted by Crippen LogP contribution is -1.91. The van der Waals surface area contributed by atoms with Gasteiger partial charge in [-0.1, -0.05) is 12.1 Å². The zero-order valence-electron chi connectivity index (χ0n) is 6.10. The molecule has 0 aliphatic heterocycles. The van der Waals surface area contributed by atoms with Gasteiger partial charge in [-0.05, 0) is 19.1 Å². The summed E-state index contributed by atoms with van der Waals surface area (Å²) in [5.41, 5.74) is 1.70. The summed E-state index contributed by atoms with van der Waals surface area (Å²) < 4.78 is 2.94. The molecule has 0 atom stereocenters. The molecule has 2 nitrogen and oxygen atoms in total. The van der Waals surface area contributed by atoms with Crippen LogP contribution in [0.25, 0.3) is 0 Å². The second-order valence-corrected chi connectivity index (χ2v) is 2.77. The van der Waals surface area contributed by atoms with Crippen LogP contribution in [0.2, 0.25) is 0 Å². The van der Waals surface area contributed by atoms with Gasteiger partial charge in [-0.15, -0.1) is 0 Å². The van der Waals surface area contributed by atoms with Crippen LogP contribution in [0.3, 0.4) is 0 Å². The van der Waals surface area contributed by atoms with Gasteiger partial charge >= 0.3 is 0 Å². The third-order valence-corrected chi connectivity index (χ3v) is 2.00. The Hall–Kier alpha value is -0.580. The van der Waals surface area contributed by atoms with Crippen molar-refractivity contribution in [2.45, 2.75) is 6.92 Å². The smallest absolute Gasteiger partial charge is 0.159 e. The van der Waals surface area contributed by atoms with Gasteiger partial charge in [0.05, 0.1) is 22.9 Å². The van der Waals surface area contributed by atoms with Gasteiger partial charge in [-0.2, -0.15) is 0 Å². The lowest BCUT2D eigenvalue weighted by Gasteiger charge is -1.98. The van der Waals surface area contributed by atoms with E-state index in [4.69, 9.17) is 0 Å². The minimum atomic E-state index is 0.0958. The van der Waals surface area contributed by atoms with E-state index in [2.05, 4.69) is 3.53 Å². The first-order valence-corrected chi connectivity index (χ1v) is 4.29. The van der Waals surface area contributed by atoms with Crippen molar-refractivity contribution in [1.82, 2.24) is 0 Å². The normalized spacial score (nSPS) is 9.27. The molecule has 0 saturated carbocycles. The van der Waals surface area contributed by atoms with Crippen LogP contribution < -0.4 is 3.53 Å². The maximum Gasteiger partial charge on any atom is 0.159 e. The monoisotopic (exact) mass is 261 g/mol. The topological polar surface area (TPSA) is 29.1 Å². The third-order valence-electron chi connectivity index (χ3n) is 1.38. The molecule has 0 fully saturated rings. The lowest BCUT2D eigenvalue weighted by molar-refractivity contribution is 0.101. The molecule has 11 heavy (non-hydrogen) atoms. The highest BCUT2D eigenvalue weighted by molar-refractivity contribution is 14.1. The molecule has 1 aromatic carbocycles. The first-order chi connectivity index (χ1) is 5.24. The first kappa shape index (κ1) is 8.52. The van der Waals surface area contributed by atoms with Crippen molar-refractivity contribution >= 4 is 34.3 Å². The number of hydrogen-bond acceptors (Lipinski definition) is 2. The predicted molar refractivity (Wildman–Crippen MR) is 54.1 cm³/mol.